The number of nitrogens with one attached hydrogen (secondary N) is 1. The highest BCUT2D eigenvalue weighted by Crippen LogP contribution is 2.12. The summed E-state index contributed by atoms with van der Waals surface area (Å²) in [7, 11) is 0. The molecule has 0 bridgehead atoms. The van der Waals surface area contributed by atoms with Crippen LogP contribution in [-0.2, 0) is 9.59 Å². The Morgan fingerprint density at radius 1 is 1.29 bits per heavy atom. The Kier molecular flexibility index (Phi) is 5.33. The zero-order valence-corrected chi connectivity index (χ0v) is 12.0. The lowest BCUT2D eigenvalue weighted by atomic mass is 10.1. The van der Waals surface area contributed by atoms with Gasteiger partial charge < -0.3 is 10.2 Å². The number of nitrogens with zero attached hydrogens (tertiary/aromatic N) is 2. The van der Waals surface area contributed by atoms with Gasteiger partial charge in [-0.3, -0.25) is 9.59 Å². The number of benzene rings is 1. The van der Waals surface area contributed by atoms with E-state index in [2.05, 4.69) is 5.32 Å². The molecule has 1 saturated heterocycles. The van der Waals surface area contributed by atoms with Crippen LogP contribution in [0.3, 0.4) is 0 Å². The second-order valence-corrected chi connectivity index (χ2v) is 5.18. The molecule has 1 heterocycles. The number of piperidine rings is 1. The lowest BCUT2D eigenvalue weighted by Crippen LogP contribution is -2.36. The minimum atomic E-state index is -0.0656. The Labute approximate surface area is 124 Å². The van der Waals surface area contributed by atoms with Gasteiger partial charge in [0, 0.05) is 31.6 Å². The number of carbonyl (C=O) groups excluding carboxylic acids is 2. The molecule has 1 N–H and O–H groups in total. The van der Waals surface area contributed by atoms with Gasteiger partial charge >= 0.3 is 0 Å². The van der Waals surface area contributed by atoms with Gasteiger partial charge in [-0.15, -0.1) is 0 Å². The molecule has 0 saturated carbocycles. The van der Waals surface area contributed by atoms with Crippen molar-refractivity contribution in [1.29, 1.82) is 5.26 Å². The van der Waals surface area contributed by atoms with Crippen molar-refractivity contribution < 1.29 is 9.59 Å². The molecule has 0 radical (unpaired) electrons. The van der Waals surface area contributed by atoms with E-state index < -0.39 is 0 Å². The van der Waals surface area contributed by atoms with Gasteiger partial charge in [0.2, 0.25) is 11.8 Å². The third-order valence-corrected chi connectivity index (χ3v) is 3.55. The molecule has 5 heteroatoms. The van der Waals surface area contributed by atoms with Crippen molar-refractivity contribution in [2.45, 2.75) is 32.1 Å². The molecule has 110 valence electrons. The molecule has 1 aromatic rings. The zero-order valence-electron chi connectivity index (χ0n) is 12.0. The van der Waals surface area contributed by atoms with E-state index in [1.165, 1.54) is 0 Å². The van der Waals surface area contributed by atoms with Crippen molar-refractivity contribution in [3.8, 4) is 6.07 Å². The van der Waals surface area contributed by atoms with Crippen LogP contribution in [0.15, 0.2) is 24.3 Å². The first-order valence-electron chi connectivity index (χ1n) is 7.27. The number of nitriles is 1. The van der Waals surface area contributed by atoms with Gasteiger partial charge in [-0.05, 0) is 43.5 Å². The fourth-order valence-corrected chi connectivity index (χ4v) is 2.38. The average molecular weight is 285 g/mol. The third kappa shape index (κ3) is 4.60. The zero-order chi connectivity index (χ0) is 15.1. The van der Waals surface area contributed by atoms with Gasteiger partial charge in [0.15, 0.2) is 0 Å². The highest BCUT2D eigenvalue weighted by atomic mass is 16.2. The Hall–Kier alpha value is -2.35. The first-order valence-corrected chi connectivity index (χ1v) is 7.27. The van der Waals surface area contributed by atoms with Gasteiger partial charge in [-0.2, -0.15) is 5.26 Å². The van der Waals surface area contributed by atoms with Crippen molar-refractivity contribution in [2.24, 2.45) is 0 Å². The summed E-state index contributed by atoms with van der Waals surface area (Å²) in [4.78, 5) is 25.3. The fourth-order valence-electron chi connectivity index (χ4n) is 2.38. The average Bonchev–Trinajstić information content (AvgIpc) is 2.50. The molecule has 0 aliphatic carbocycles. The molecule has 0 aromatic heterocycles. The van der Waals surface area contributed by atoms with Crippen LogP contribution < -0.4 is 5.32 Å². The van der Waals surface area contributed by atoms with E-state index in [9.17, 15) is 9.59 Å². The number of anilines is 1. The number of rotatable bonds is 5. The van der Waals surface area contributed by atoms with Crippen molar-refractivity contribution in [3.63, 3.8) is 0 Å². The summed E-state index contributed by atoms with van der Waals surface area (Å²) in [5, 5.41) is 11.5. The van der Waals surface area contributed by atoms with Crippen LogP contribution in [0, 0.1) is 11.3 Å². The molecule has 1 fully saturated rings. The topological polar surface area (TPSA) is 73.2 Å². The number of carbonyl (C=O) groups is 2. The predicted octanol–water partition coefficient (Wildman–Crippen LogP) is 2.29. The summed E-state index contributed by atoms with van der Waals surface area (Å²) in [5.41, 5.74) is 1.25. The van der Waals surface area contributed by atoms with Gasteiger partial charge in [-0.1, -0.05) is 0 Å². The van der Waals surface area contributed by atoms with Gasteiger partial charge in [-0.25, -0.2) is 0 Å². The largest absolute Gasteiger partial charge is 0.343 e. The molecule has 21 heavy (non-hydrogen) atoms. The lowest BCUT2D eigenvalue weighted by Gasteiger charge is -2.26. The molecule has 1 aliphatic rings. The van der Waals surface area contributed by atoms with Crippen molar-refractivity contribution in [1.82, 2.24) is 4.90 Å². The van der Waals surface area contributed by atoms with Crippen LogP contribution in [0.5, 0.6) is 0 Å². The molecule has 0 unspecified atom stereocenters. The molecule has 1 aromatic carbocycles. The molecule has 2 amide bonds. The smallest absolute Gasteiger partial charge is 0.224 e. The number of likely N-dealkylation sites (tertiary alicyclic amines) is 1. The molecular weight excluding hydrogens is 266 g/mol. The maximum Gasteiger partial charge on any atom is 0.224 e. The van der Waals surface area contributed by atoms with E-state index in [1.54, 1.807) is 24.3 Å². The predicted molar refractivity (Wildman–Crippen MR) is 79.5 cm³/mol. The Morgan fingerprint density at radius 2 is 2.05 bits per heavy atom. The summed E-state index contributed by atoms with van der Waals surface area (Å²) in [6.07, 6.45) is 3.74. The highest BCUT2D eigenvalue weighted by molar-refractivity contribution is 5.90. The molecule has 0 atom stereocenters. The van der Waals surface area contributed by atoms with Crippen LogP contribution in [-0.4, -0.2) is 29.8 Å². The van der Waals surface area contributed by atoms with Crippen LogP contribution in [0.25, 0.3) is 0 Å². The van der Waals surface area contributed by atoms with E-state index in [-0.39, 0.29) is 11.8 Å². The minimum Gasteiger partial charge on any atom is -0.343 e. The standard InChI is InChI=1S/C16H19N3O2/c17-12-13-6-8-14(9-7-13)18-15(20)4-3-11-19-10-2-1-5-16(19)21/h6-9H,1-5,10-11H2,(H,18,20). The SMILES string of the molecule is N#Cc1ccc(NC(=O)CCCN2CCCCC2=O)cc1. The minimum absolute atomic E-state index is 0.0656. The van der Waals surface area contributed by atoms with E-state index in [0.717, 1.165) is 19.4 Å². The fraction of sp³-hybridized carbons (Fsp3) is 0.438. The summed E-state index contributed by atoms with van der Waals surface area (Å²) >= 11 is 0. The maximum atomic E-state index is 11.8. The molecule has 2 rings (SSSR count). The number of amides is 2. The van der Waals surface area contributed by atoms with Crippen LogP contribution in [0.2, 0.25) is 0 Å². The molecule has 0 spiro atoms. The Morgan fingerprint density at radius 3 is 2.71 bits per heavy atom. The summed E-state index contributed by atoms with van der Waals surface area (Å²) in [5.74, 6) is 0.137. The quantitative estimate of drug-likeness (QED) is 0.902. The Bertz CT molecular complexity index is 546. The van der Waals surface area contributed by atoms with Crippen molar-refractivity contribution >= 4 is 17.5 Å². The van der Waals surface area contributed by atoms with Gasteiger partial charge in [0.25, 0.3) is 0 Å². The normalized spacial score (nSPS) is 14.6. The van der Waals surface area contributed by atoms with E-state index in [4.69, 9.17) is 5.26 Å². The summed E-state index contributed by atoms with van der Waals surface area (Å²) in [6, 6.07) is 8.80. The third-order valence-electron chi connectivity index (χ3n) is 3.55. The van der Waals surface area contributed by atoms with Crippen molar-refractivity contribution in [2.75, 3.05) is 18.4 Å². The number of hydrogen-bond acceptors (Lipinski definition) is 3. The van der Waals surface area contributed by atoms with E-state index >= 15 is 0 Å². The van der Waals surface area contributed by atoms with Crippen LogP contribution in [0.4, 0.5) is 5.69 Å². The molecular formula is C16H19N3O2. The van der Waals surface area contributed by atoms with Crippen molar-refractivity contribution in [3.05, 3.63) is 29.8 Å². The molecule has 1 aliphatic heterocycles. The van der Waals surface area contributed by atoms with Crippen LogP contribution in [0.1, 0.15) is 37.7 Å². The van der Waals surface area contributed by atoms with Gasteiger partial charge in [0.1, 0.15) is 0 Å². The Balaban J connectivity index is 1.71. The van der Waals surface area contributed by atoms with Crippen LogP contribution >= 0.6 is 0 Å². The van der Waals surface area contributed by atoms with E-state index in [0.29, 0.717) is 37.1 Å². The summed E-state index contributed by atoms with van der Waals surface area (Å²) < 4.78 is 0. The van der Waals surface area contributed by atoms with Gasteiger partial charge in [0.05, 0.1) is 11.6 Å². The van der Waals surface area contributed by atoms with E-state index in [1.807, 2.05) is 11.0 Å². The second kappa shape index (κ2) is 7.44. The first kappa shape index (κ1) is 15.0. The molecule has 5 nitrogen and oxygen atoms in total. The lowest BCUT2D eigenvalue weighted by molar-refractivity contribution is -0.133. The first-order chi connectivity index (χ1) is 10.2. The summed E-state index contributed by atoms with van der Waals surface area (Å²) in [6.45, 7) is 1.47. The monoisotopic (exact) mass is 285 g/mol. The maximum absolute atomic E-state index is 11.8. The second-order valence-electron chi connectivity index (χ2n) is 5.18. The highest BCUT2D eigenvalue weighted by Gasteiger charge is 2.17. The number of hydrogen-bond donors (Lipinski definition) is 1.